The smallest absolute Gasteiger partial charge is 0.257 e. The Kier molecular flexibility index (Phi) is 4.02. The lowest BCUT2D eigenvalue weighted by Gasteiger charge is -2.16. The highest BCUT2D eigenvalue weighted by atomic mass is 16.3. The molecular formula is C15H18N2O2. The van der Waals surface area contributed by atoms with Crippen LogP contribution in [-0.4, -0.2) is 17.9 Å². The Balaban J connectivity index is 2.04. The van der Waals surface area contributed by atoms with E-state index in [0.717, 1.165) is 5.56 Å². The Bertz CT molecular complexity index is 558. The van der Waals surface area contributed by atoms with Crippen molar-refractivity contribution >= 4 is 5.91 Å². The second-order valence-corrected chi connectivity index (χ2v) is 4.65. The molecule has 0 aliphatic heterocycles. The number of nitrogens with zero attached hydrogens (tertiary/aromatic N) is 1. The molecular weight excluding hydrogens is 240 g/mol. The predicted molar refractivity (Wildman–Crippen MR) is 73.6 cm³/mol. The van der Waals surface area contributed by atoms with E-state index in [0.29, 0.717) is 24.4 Å². The van der Waals surface area contributed by atoms with Gasteiger partial charge in [-0.05, 0) is 18.6 Å². The van der Waals surface area contributed by atoms with Crippen LogP contribution in [0.25, 0.3) is 0 Å². The van der Waals surface area contributed by atoms with E-state index in [-0.39, 0.29) is 5.91 Å². The van der Waals surface area contributed by atoms with Crippen molar-refractivity contribution in [3.05, 3.63) is 59.0 Å². The largest absolute Gasteiger partial charge is 0.467 e. The molecule has 0 atom stereocenters. The zero-order chi connectivity index (χ0) is 13.8. The Morgan fingerprint density at radius 3 is 2.58 bits per heavy atom. The van der Waals surface area contributed by atoms with E-state index in [9.17, 15) is 4.79 Å². The molecule has 0 aliphatic carbocycles. The highest BCUT2D eigenvalue weighted by molar-refractivity contribution is 5.93. The van der Waals surface area contributed by atoms with Gasteiger partial charge in [0.1, 0.15) is 12.0 Å². The molecule has 1 aromatic heterocycles. The van der Waals surface area contributed by atoms with Crippen molar-refractivity contribution in [1.82, 2.24) is 4.90 Å². The summed E-state index contributed by atoms with van der Waals surface area (Å²) in [6, 6.07) is 9.82. The molecule has 0 saturated carbocycles. The Hall–Kier alpha value is -2.07. The maximum absolute atomic E-state index is 12.2. The molecule has 0 spiro atoms. The first-order chi connectivity index (χ1) is 9.10. The Morgan fingerprint density at radius 1 is 1.32 bits per heavy atom. The van der Waals surface area contributed by atoms with Gasteiger partial charge >= 0.3 is 0 Å². The first kappa shape index (κ1) is 13.4. The molecule has 1 amide bonds. The molecule has 1 aromatic carbocycles. The molecule has 0 radical (unpaired) electrons. The maximum Gasteiger partial charge on any atom is 0.257 e. The maximum atomic E-state index is 12.2. The van der Waals surface area contributed by atoms with Crippen LogP contribution in [0.1, 0.15) is 27.2 Å². The predicted octanol–water partition coefficient (Wildman–Crippen LogP) is 2.32. The molecule has 2 aromatic rings. The van der Waals surface area contributed by atoms with Crippen LogP contribution in [-0.2, 0) is 13.1 Å². The molecule has 0 saturated heterocycles. The number of nitrogens with two attached hydrogens (primary N) is 1. The summed E-state index contributed by atoms with van der Waals surface area (Å²) in [7, 11) is 1.78. The fourth-order valence-corrected chi connectivity index (χ4v) is 1.86. The second kappa shape index (κ2) is 5.71. The lowest BCUT2D eigenvalue weighted by atomic mass is 10.1. The van der Waals surface area contributed by atoms with Crippen molar-refractivity contribution in [2.24, 2.45) is 5.73 Å². The van der Waals surface area contributed by atoms with Crippen LogP contribution < -0.4 is 5.73 Å². The van der Waals surface area contributed by atoms with Gasteiger partial charge in [0.25, 0.3) is 5.91 Å². The van der Waals surface area contributed by atoms with Crippen LogP contribution in [0.15, 0.2) is 41.0 Å². The number of amides is 1. The van der Waals surface area contributed by atoms with Gasteiger partial charge < -0.3 is 15.1 Å². The molecule has 19 heavy (non-hydrogen) atoms. The van der Waals surface area contributed by atoms with Gasteiger partial charge in [0.15, 0.2) is 0 Å². The molecule has 0 aliphatic rings. The quantitative estimate of drug-likeness (QED) is 0.915. The fourth-order valence-electron chi connectivity index (χ4n) is 1.86. The van der Waals surface area contributed by atoms with Gasteiger partial charge in [-0.2, -0.15) is 0 Å². The van der Waals surface area contributed by atoms with Crippen LogP contribution in [0, 0.1) is 6.92 Å². The zero-order valence-corrected chi connectivity index (χ0v) is 11.2. The first-order valence-electron chi connectivity index (χ1n) is 6.18. The lowest BCUT2D eigenvalue weighted by Crippen LogP contribution is -2.25. The van der Waals surface area contributed by atoms with E-state index in [4.69, 9.17) is 10.2 Å². The monoisotopic (exact) mass is 258 g/mol. The molecule has 2 N–H and O–H groups in total. The highest BCUT2D eigenvalue weighted by Crippen LogP contribution is 2.12. The number of benzene rings is 1. The van der Waals surface area contributed by atoms with Crippen LogP contribution in [0.2, 0.25) is 0 Å². The average molecular weight is 258 g/mol. The van der Waals surface area contributed by atoms with Gasteiger partial charge in [0.2, 0.25) is 0 Å². The summed E-state index contributed by atoms with van der Waals surface area (Å²) in [5, 5.41) is 0. The third kappa shape index (κ3) is 3.23. The van der Waals surface area contributed by atoms with Gasteiger partial charge in [-0.15, -0.1) is 0 Å². The zero-order valence-electron chi connectivity index (χ0n) is 11.2. The topological polar surface area (TPSA) is 59.5 Å². The fraction of sp³-hybridized carbons (Fsp3) is 0.267. The van der Waals surface area contributed by atoms with E-state index >= 15 is 0 Å². The van der Waals surface area contributed by atoms with Gasteiger partial charge in [0.05, 0.1) is 12.1 Å². The molecule has 0 unspecified atom stereocenters. The minimum atomic E-state index is -0.0657. The number of hydrogen-bond donors (Lipinski definition) is 1. The van der Waals surface area contributed by atoms with Gasteiger partial charge in [-0.3, -0.25) is 4.79 Å². The summed E-state index contributed by atoms with van der Waals surface area (Å²) < 4.78 is 5.18. The van der Waals surface area contributed by atoms with Crippen molar-refractivity contribution in [3.63, 3.8) is 0 Å². The van der Waals surface area contributed by atoms with E-state index in [2.05, 4.69) is 0 Å². The average Bonchev–Trinajstić information content (AvgIpc) is 2.89. The second-order valence-electron chi connectivity index (χ2n) is 4.65. The molecule has 4 heteroatoms. The number of carbonyl (C=O) groups excluding carboxylic acids is 1. The summed E-state index contributed by atoms with van der Waals surface area (Å²) in [5.41, 5.74) is 8.30. The van der Waals surface area contributed by atoms with Crippen molar-refractivity contribution < 1.29 is 9.21 Å². The first-order valence-corrected chi connectivity index (χ1v) is 6.18. The molecule has 2 rings (SSSR count). The van der Waals surface area contributed by atoms with Gasteiger partial charge in [-0.1, -0.05) is 29.8 Å². The summed E-state index contributed by atoms with van der Waals surface area (Å²) in [4.78, 5) is 13.8. The number of rotatable bonds is 4. The number of hydrogen-bond acceptors (Lipinski definition) is 3. The lowest BCUT2D eigenvalue weighted by molar-refractivity contribution is 0.0784. The van der Waals surface area contributed by atoms with Crippen molar-refractivity contribution in [2.45, 2.75) is 20.0 Å². The number of carbonyl (C=O) groups is 1. The van der Waals surface area contributed by atoms with Crippen LogP contribution in [0.3, 0.4) is 0 Å². The van der Waals surface area contributed by atoms with Crippen LogP contribution >= 0.6 is 0 Å². The molecule has 4 nitrogen and oxygen atoms in total. The standard InChI is InChI=1S/C15H18N2O2/c1-11-3-5-12(6-4-11)9-17(2)15(18)13-7-14(8-16)19-10-13/h3-7,10H,8-9,16H2,1-2H3. The van der Waals surface area contributed by atoms with Crippen molar-refractivity contribution in [1.29, 1.82) is 0 Å². The van der Waals surface area contributed by atoms with E-state index < -0.39 is 0 Å². The SMILES string of the molecule is Cc1ccc(CN(C)C(=O)c2coc(CN)c2)cc1. The highest BCUT2D eigenvalue weighted by Gasteiger charge is 2.14. The van der Waals surface area contributed by atoms with E-state index in [1.165, 1.54) is 11.8 Å². The minimum absolute atomic E-state index is 0.0657. The summed E-state index contributed by atoms with van der Waals surface area (Å²) >= 11 is 0. The normalized spacial score (nSPS) is 10.5. The third-order valence-corrected chi connectivity index (χ3v) is 2.99. The van der Waals surface area contributed by atoms with Crippen LogP contribution in [0.5, 0.6) is 0 Å². The molecule has 0 fully saturated rings. The minimum Gasteiger partial charge on any atom is -0.467 e. The summed E-state index contributed by atoms with van der Waals surface area (Å²) in [6.07, 6.45) is 1.45. The van der Waals surface area contributed by atoms with Gasteiger partial charge in [0, 0.05) is 13.6 Å². The van der Waals surface area contributed by atoms with Gasteiger partial charge in [-0.25, -0.2) is 0 Å². The summed E-state index contributed by atoms with van der Waals surface area (Å²) in [5.74, 6) is 0.552. The molecule has 0 bridgehead atoms. The van der Waals surface area contributed by atoms with E-state index in [1.807, 2.05) is 31.2 Å². The number of furan rings is 1. The molecule has 1 heterocycles. The van der Waals surface area contributed by atoms with Crippen molar-refractivity contribution in [3.8, 4) is 0 Å². The Labute approximate surface area is 112 Å². The van der Waals surface area contributed by atoms with Crippen LogP contribution in [0.4, 0.5) is 0 Å². The summed E-state index contributed by atoms with van der Waals surface area (Å²) in [6.45, 7) is 2.91. The van der Waals surface area contributed by atoms with Crippen molar-refractivity contribution in [2.75, 3.05) is 7.05 Å². The Morgan fingerprint density at radius 2 is 2.00 bits per heavy atom. The number of aryl methyl sites for hydroxylation is 1. The third-order valence-electron chi connectivity index (χ3n) is 2.99. The van der Waals surface area contributed by atoms with E-state index in [1.54, 1.807) is 18.0 Å². The molecule has 100 valence electrons.